The van der Waals surface area contributed by atoms with Crippen LogP contribution in [0, 0.1) is 5.82 Å². The third kappa shape index (κ3) is 5.58. The van der Waals surface area contributed by atoms with Gasteiger partial charge in [0.1, 0.15) is 11.4 Å². The molecule has 33 heavy (non-hydrogen) atoms. The lowest BCUT2D eigenvalue weighted by Crippen LogP contribution is -2.58. The van der Waals surface area contributed by atoms with Crippen LogP contribution in [0.1, 0.15) is 24.2 Å². The molecule has 6 nitrogen and oxygen atoms in total. The smallest absolute Gasteiger partial charge is 0.388 e. The second-order valence-corrected chi connectivity index (χ2v) is 8.19. The van der Waals surface area contributed by atoms with Crippen LogP contribution in [0.15, 0.2) is 59.4 Å². The molecular formula is C22H18ClF4N3O3. The molecule has 0 saturated heterocycles. The summed E-state index contributed by atoms with van der Waals surface area (Å²) in [7, 11) is 0. The lowest BCUT2D eigenvalue weighted by atomic mass is 9.98. The van der Waals surface area contributed by atoms with Crippen molar-refractivity contribution in [2.24, 2.45) is 0 Å². The number of amides is 1. The molecule has 3 aromatic rings. The van der Waals surface area contributed by atoms with Gasteiger partial charge >= 0.3 is 6.18 Å². The van der Waals surface area contributed by atoms with E-state index in [1.54, 1.807) is 5.32 Å². The first kappa shape index (κ1) is 24.4. The van der Waals surface area contributed by atoms with Crippen LogP contribution in [0.25, 0.3) is 16.9 Å². The fourth-order valence-electron chi connectivity index (χ4n) is 3.07. The number of aromatic nitrogens is 2. The third-order valence-corrected chi connectivity index (χ3v) is 4.91. The van der Waals surface area contributed by atoms with Crippen LogP contribution in [-0.2, 0) is 0 Å². The number of benzene rings is 2. The molecule has 0 aliphatic carbocycles. The molecule has 2 N–H and O–H groups in total. The molecule has 0 saturated carbocycles. The zero-order valence-corrected chi connectivity index (χ0v) is 18.1. The van der Waals surface area contributed by atoms with Crippen LogP contribution < -0.4 is 10.9 Å². The van der Waals surface area contributed by atoms with Crippen molar-refractivity contribution in [1.29, 1.82) is 0 Å². The molecule has 0 fully saturated rings. The van der Waals surface area contributed by atoms with Crippen molar-refractivity contribution in [3.8, 4) is 16.9 Å². The van der Waals surface area contributed by atoms with Crippen molar-refractivity contribution < 1.29 is 27.5 Å². The topological polar surface area (TPSA) is 84.2 Å². The third-order valence-electron chi connectivity index (χ3n) is 4.66. The molecule has 0 spiro atoms. The average Bonchev–Trinajstić information content (AvgIpc) is 2.71. The highest BCUT2D eigenvalue weighted by Crippen LogP contribution is 2.28. The predicted molar refractivity (Wildman–Crippen MR) is 114 cm³/mol. The van der Waals surface area contributed by atoms with Crippen LogP contribution in [0.5, 0.6) is 0 Å². The van der Waals surface area contributed by atoms with Gasteiger partial charge in [-0.1, -0.05) is 29.8 Å². The Morgan fingerprint density at radius 2 is 1.76 bits per heavy atom. The van der Waals surface area contributed by atoms with E-state index in [0.29, 0.717) is 15.3 Å². The van der Waals surface area contributed by atoms with Crippen LogP contribution in [-0.4, -0.2) is 38.6 Å². The Labute approximate surface area is 190 Å². The first-order valence-corrected chi connectivity index (χ1v) is 9.91. The van der Waals surface area contributed by atoms with Gasteiger partial charge in [-0.15, -0.1) is 0 Å². The van der Waals surface area contributed by atoms with Crippen molar-refractivity contribution in [3.05, 3.63) is 81.4 Å². The summed E-state index contributed by atoms with van der Waals surface area (Å²) in [5, 5.41) is 16.1. The minimum absolute atomic E-state index is 0.0419. The number of hydrogen-bond acceptors (Lipinski definition) is 4. The molecule has 0 aliphatic heterocycles. The van der Waals surface area contributed by atoms with Gasteiger partial charge in [-0.05, 0) is 50.2 Å². The number of nitrogens with zero attached hydrogens (tertiary/aromatic N) is 2. The first-order valence-electron chi connectivity index (χ1n) is 9.53. The Bertz CT molecular complexity index is 1220. The molecule has 0 bridgehead atoms. The zero-order valence-electron chi connectivity index (χ0n) is 17.3. The van der Waals surface area contributed by atoms with Gasteiger partial charge in [-0.25, -0.2) is 4.39 Å². The summed E-state index contributed by atoms with van der Waals surface area (Å²) >= 11 is 5.88. The highest BCUT2D eigenvalue weighted by molar-refractivity contribution is 6.30. The Morgan fingerprint density at radius 3 is 2.30 bits per heavy atom. The summed E-state index contributed by atoms with van der Waals surface area (Å²) in [5.41, 5.74) is -3.73. The van der Waals surface area contributed by atoms with Crippen molar-refractivity contribution in [3.63, 3.8) is 0 Å². The van der Waals surface area contributed by atoms with Gasteiger partial charge in [-0.3, -0.25) is 9.59 Å². The molecule has 2 aromatic carbocycles. The largest absolute Gasteiger partial charge is 0.411 e. The van der Waals surface area contributed by atoms with Gasteiger partial charge in [0.15, 0.2) is 6.04 Å². The maximum atomic E-state index is 13.8. The monoisotopic (exact) mass is 483 g/mol. The Morgan fingerprint density at radius 1 is 1.12 bits per heavy atom. The molecule has 0 unspecified atom stereocenters. The molecule has 174 valence electrons. The highest BCUT2D eigenvalue weighted by atomic mass is 35.5. The number of rotatable bonds is 5. The second-order valence-electron chi connectivity index (χ2n) is 7.75. The molecule has 11 heteroatoms. The summed E-state index contributed by atoms with van der Waals surface area (Å²) in [6.07, 6.45) is -5.00. The number of aliphatic hydroxyl groups is 1. The van der Waals surface area contributed by atoms with Crippen LogP contribution >= 0.6 is 11.6 Å². The highest BCUT2D eigenvalue weighted by Gasteiger charge is 2.49. The van der Waals surface area contributed by atoms with Crippen molar-refractivity contribution in [2.75, 3.05) is 0 Å². The number of hydrogen-bond donors (Lipinski definition) is 2. The summed E-state index contributed by atoms with van der Waals surface area (Å²) in [6.45, 7) is 1.75. The van der Waals surface area contributed by atoms with E-state index >= 15 is 0 Å². The number of carbonyl (C=O) groups is 1. The minimum atomic E-state index is -5.00. The van der Waals surface area contributed by atoms with E-state index in [4.69, 9.17) is 11.6 Å². The molecule has 1 heterocycles. The minimum Gasteiger partial charge on any atom is -0.388 e. The molecule has 0 aliphatic rings. The Kier molecular flexibility index (Phi) is 6.62. The molecule has 1 atom stereocenters. The zero-order chi connectivity index (χ0) is 24.6. The maximum absolute atomic E-state index is 13.8. The van der Waals surface area contributed by atoms with Gasteiger partial charge in [0.2, 0.25) is 0 Å². The number of nitrogens with one attached hydrogen (secondary N) is 1. The van der Waals surface area contributed by atoms with Gasteiger partial charge < -0.3 is 10.4 Å². The SMILES string of the molecule is CC(C)(O)[C@@H](NC(=O)c1cc(-c2ccc(Cl)cc2)nn(-c2cccc(F)c2)c1=O)C(F)(F)F. The van der Waals surface area contributed by atoms with Crippen LogP contribution in [0.3, 0.4) is 0 Å². The van der Waals surface area contributed by atoms with E-state index in [1.807, 2.05) is 0 Å². The van der Waals surface area contributed by atoms with Crippen molar-refractivity contribution in [2.45, 2.75) is 31.7 Å². The second kappa shape index (κ2) is 8.95. The lowest BCUT2D eigenvalue weighted by molar-refractivity contribution is -0.192. The number of halogens is 5. The van der Waals surface area contributed by atoms with E-state index in [0.717, 1.165) is 32.0 Å². The van der Waals surface area contributed by atoms with Gasteiger partial charge in [0.05, 0.1) is 17.0 Å². The Balaban J connectivity index is 2.18. The van der Waals surface area contributed by atoms with E-state index < -0.39 is 40.7 Å². The maximum Gasteiger partial charge on any atom is 0.411 e. The van der Waals surface area contributed by atoms with Crippen molar-refractivity contribution in [1.82, 2.24) is 15.1 Å². The summed E-state index contributed by atoms with van der Waals surface area (Å²) < 4.78 is 54.8. The standard InChI is InChI=1S/C22H18ClF4N3O3/c1-21(2,33)20(22(25,26)27)28-18(31)16-11-17(12-6-8-13(23)9-7-12)29-30(19(16)32)15-5-3-4-14(24)10-15/h3-11,20,33H,1-2H3,(H,28,31)/t20-/m1/s1. The first-order chi connectivity index (χ1) is 15.3. The summed E-state index contributed by atoms with van der Waals surface area (Å²) in [4.78, 5) is 25.8. The van der Waals surface area contributed by atoms with Gasteiger partial charge in [0, 0.05) is 10.6 Å². The fraction of sp³-hybridized carbons (Fsp3) is 0.227. The lowest BCUT2D eigenvalue weighted by Gasteiger charge is -2.31. The van der Waals surface area contributed by atoms with Crippen LogP contribution in [0.2, 0.25) is 5.02 Å². The quantitative estimate of drug-likeness (QED) is 0.535. The van der Waals surface area contributed by atoms with E-state index in [1.165, 1.54) is 36.4 Å². The fourth-order valence-corrected chi connectivity index (χ4v) is 3.20. The van der Waals surface area contributed by atoms with E-state index in [9.17, 15) is 32.3 Å². The van der Waals surface area contributed by atoms with E-state index in [-0.39, 0.29) is 11.4 Å². The summed E-state index contributed by atoms with van der Waals surface area (Å²) in [5.74, 6) is -2.07. The number of carbonyl (C=O) groups excluding carboxylic acids is 1. The molecule has 3 rings (SSSR count). The summed E-state index contributed by atoms with van der Waals surface area (Å²) in [6, 6.07) is 9.22. The van der Waals surface area contributed by atoms with Gasteiger partial charge in [0.25, 0.3) is 11.5 Å². The molecule has 1 amide bonds. The molecular weight excluding hydrogens is 466 g/mol. The molecule has 0 radical (unpaired) electrons. The van der Waals surface area contributed by atoms with Gasteiger partial charge in [-0.2, -0.15) is 23.0 Å². The Hall–Kier alpha value is -3.24. The van der Waals surface area contributed by atoms with Crippen molar-refractivity contribution >= 4 is 17.5 Å². The normalized spacial score (nSPS) is 13.0. The van der Waals surface area contributed by atoms with Crippen LogP contribution in [0.4, 0.5) is 17.6 Å². The van der Waals surface area contributed by atoms with E-state index in [2.05, 4.69) is 5.10 Å². The molecule has 1 aromatic heterocycles. The average molecular weight is 484 g/mol. The predicted octanol–water partition coefficient (Wildman–Crippen LogP) is 4.12. The number of alkyl halides is 3.